The van der Waals surface area contributed by atoms with Gasteiger partial charge in [-0.15, -0.1) is 0 Å². The maximum absolute atomic E-state index is 12.5. The van der Waals surface area contributed by atoms with Crippen molar-refractivity contribution in [1.82, 2.24) is 14.9 Å². The molecule has 0 aliphatic carbocycles. The summed E-state index contributed by atoms with van der Waals surface area (Å²) in [5.74, 6) is -1.95. The lowest BCUT2D eigenvalue weighted by atomic mass is 10.0. The number of carbonyl (C=O) groups excluding carboxylic acids is 3. The average Bonchev–Trinajstić information content (AvgIpc) is 2.90. The third kappa shape index (κ3) is 4.60. The molecule has 1 aromatic rings. The van der Waals surface area contributed by atoms with Gasteiger partial charge in [0, 0.05) is 40.1 Å². The maximum atomic E-state index is 12.5. The molecule has 0 aromatic carbocycles. The standard InChI is InChI=1S/C18H23N3O9/c1-8(22)27-7-13-15(28-9(2)23)16(29-10(3)24)14(30-13)12-6-21(11-4-19-5-11)18(26)20-17(12)25/h6,11,13-16,19H,4-5,7H2,1-3H3,(H,20,25,26)/t13-,14+,15?,16?/m1/s1. The number of hydrogen-bond acceptors (Lipinski definition) is 10. The van der Waals surface area contributed by atoms with Crippen LogP contribution in [0.5, 0.6) is 0 Å². The monoisotopic (exact) mass is 425 g/mol. The van der Waals surface area contributed by atoms with Gasteiger partial charge in [0.15, 0.2) is 12.2 Å². The molecule has 2 N–H and O–H groups in total. The fourth-order valence-electron chi connectivity index (χ4n) is 3.41. The quantitative estimate of drug-likeness (QED) is 0.408. The van der Waals surface area contributed by atoms with E-state index in [0.29, 0.717) is 13.1 Å². The molecule has 3 rings (SSSR count). The number of aromatic nitrogens is 2. The molecule has 12 heteroatoms. The van der Waals surface area contributed by atoms with E-state index < -0.39 is 53.6 Å². The van der Waals surface area contributed by atoms with E-state index in [0.717, 1.165) is 13.8 Å². The van der Waals surface area contributed by atoms with Gasteiger partial charge in [-0.25, -0.2) is 4.79 Å². The molecule has 2 unspecified atom stereocenters. The van der Waals surface area contributed by atoms with Crippen LogP contribution in [-0.4, -0.2) is 65.5 Å². The number of carbonyl (C=O) groups is 3. The number of hydrogen-bond donors (Lipinski definition) is 2. The van der Waals surface area contributed by atoms with Gasteiger partial charge in [-0.05, 0) is 0 Å². The Balaban J connectivity index is 2.01. The summed E-state index contributed by atoms with van der Waals surface area (Å²) in [6.07, 6.45) is -3.09. The first-order chi connectivity index (χ1) is 14.2. The molecule has 1 aromatic heterocycles. The van der Waals surface area contributed by atoms with Gasteiger partial charge < -0.3 is 24.3 Å². The van der Waals surface area contributed by atoms with Crippen molar-refractivity contribution >= 4 is 17.9 Å². The Morgan fingerprint density at radius 1 is 1.07 bits per heavy atom. The molecule has 0 amide bonds. The summed E-state index contributed by atoms with van der Waals surface area (Å²) in [6.45, 7) is 4.34. The molecule has 12 nitrogen and oxygen atoms in total. The molecule has 4 atom stereocenters. The lowest BCUT2D eigenvalue weighted by Gasteiger charge is -2.29. The number of esters is 3. The zero-order valence-corrected chi connectivity index (χ0v) is 16.7. The van der Waals surface area contributed by atoms with Crippen LogP contribution >= 0.6 is 0 Å². The largest absolute Gasteiger partial charge is 0.463 e. The second-order valence-electron chi connectivity index (χ2n) is 7.11. The Kier molecular flexibility index (Phi) is 6.37. The van der Waals surface area contributed by atoms with Gasteiger partial charge in [-0.1, -0.05) is 0 Å². The van der Waals surface area contributed by atoms with Crippen molar-refractivity contribution < 1.29 is 33.3 Å². The molecule has 2 aliphatic rings. The van der Waals surface area contributed by atoms with Crippen molar-refractivity contribution in [2.45, 2.75) is 51.2 Å². The van der Waals surface area contributed by atoms with Gasteiger partial charge in [0.2, 0.25) is 0 Å². The van der Waals surface area contributed by atoms with Gasteiger partial charge in [-0.3, -0.25) is 28.7 Å². The van der Waals surface area contributed by atoms with Crippen LogP contribution in [0, 0.1) is 0 Å². The van der Waals surface area contributed by atoms with Crippen LogP contribution in [0.2, 0.25) is 0 Å². The smallest absolute Gasteiger partial charge is 0.328 e. The highest BCUT2D eigenvalue weighted by molar-refractivity contribution is 5.68. The van der Waals surface area contributed by atoms with E-state index in [1.807, 2.05) is 0 Å². The molecule has 164 valence electrons. The second-order valence-corrected chi connectivity index (χ2v) is 7.11. The summed E-state index contributed by atoms with van der Waals surface area (Å²) < 4.78 is 22.8. The highest BCUT2D eigenvalue weighted by Gasteiger charge is 2.51. The van der Waals surface area contributed by atoms with E-state index in [1.54, 1.807) is 0 Å². The minimum atomic E-state index is -1.18. The molecule has 0 saturated carbocycles. The van der Waals surface area contributed by atoms with E-state index >= 15 is 0 Å². The Hall–Kier alpha value is -2.99. The van der Waals surface area contributed by atoms with Crippen molar-refractivity contribution in [3.8, 4) is 0 Å². The highest BCUT2D eigenvalue weighted by Crippen LogP contribution is 2.36. The lowest BCUT2D eigenvalue weighted by Crippen LogP contribution is -2.49. The molecular weight excluding hydrogens is 402 g/mol. The summed E-state index contributed by atoms with van der Waals surface area (Å²) in [4.78, 5) is 61.5. The van der Waals surface area contributed by atoms with E-state index in [-0.39, 0.29) is 18.2 Å². The first kappa shape index (κ1) is 21.7. The Morgan fingerprint density at radius 3 is 2.23 bits per heavy atom. The molecule has 2 aliphatic heterocycles. The summed E-state index contributed by atoms with van der Waals surface area (Å²) >= 11 is 0. The predicted molar refractivity (Wildman–Crippen MR) is 98.6 cm³/mol. The fourth-order valence-corrected chi connectivity index (χ4v) is 3.41. The van der Waals surface area contributed by atoms with Gasteiger partial charge in [-0.2, -0.15) is 0 Å². The average molecular weight is 425 g/mol. The highest BCUT2D eigenvalue weighted by atomic mass is 16.6. The molecule has 2 saturated heterocycles. The molecule has 0 bridgehead atoms. The van der Waals surface area contributed by atoms with Crippen molar-refractivity contribution in [2.75, 3.05) is 19.7 Å². The normalized spacial score (nSPS) is 26.0. The zero-order chi connectivity index (χ0) is 22.0. The van der Waals surface area contributed by atoms with Crippen molar-refractivity contribution in [3.63, 3.8) is 0 Å². The molecule has 2 fully saturated rings. The number of nitrogens with one attached hydrogen (secondary N) is 2. The van der Waals surface area contributed by atoms with Crippen LogP contribution < -0.4 is 16.6 Å². The van der Waals surface area contributed by atoms with Crippen LogP contribution in [0.25, 0.3) is 0 Å². The summed E-state index contributed by atoms with van der Waals surface area (Å²) in [7, 11) is 0. The molecule has 0 radical (unpaired) electrons. The molecule has 3 heterocycles. The minimum Gasteiger partial charge on any atom is -0.463 e. The van der Waals surface area contributed by atoms with Gasteiger partial charge in [0.25, 0.3) is 5.56 Å². The topological polar surface area (TPSA) is 155 Å². The summed E-state index contributed by atoms with van der Waals surface area (Å²) in [6, 6.07) is -0.150. The van der Waals surface area contributed by atoms with Crippen LogP contribution in [0.3, 0.4) is 0 Å². The van der Waals surface area contributed by atoms with Gasteiger partial charge in [0.05, 0.1) is 11.6 Å². The van der Waals surface area contributed by atoms with Crippen LogP contribution in [0.4, 0.5) is 0 Å². The Bertz CT molecular complexity index is 949. The van der Waals surface area contributed by atoms with Crippen molar-refractivity contribution in [3.05, 3.63) is 32.6 Å². The summed E-state index contributed by atoms with van der Waals surface area (Å²) in [5.41, 5.74) is -1.28. The Morgan fingerprint density at radius 2 is 1.70 bits per heavy atom. The van der Waals surface area contributed by atoms with Crippen LogP contribution in [0.1, 0.15) is 38.5 Å². The van der Waals surface area contributed by atoms with Crippen molar-refractivity contribution in [1.29, 1.82) is 0 Å². The fraction of sp³-hybridized carbons (Fsp3) is 0.611. The Labute approximate surface area is 170 Å². The van der Waals surface area contributed by atoms with Gasteiger partial charge >= 0.3 is 23.6 Å². The third-order valence-corrected chi connectivity index (χ3v) is 4.82. The van der Waals surface area contributed by atoms with E-state index in [1.165, 1.54) is 17.7 Å². The SMILES string of the molecule is CC(=O)OC[C@H]1O[C@@H](c2cn(C3CNC3)c(=O)[nH]c2=O)C(OC(C)=O)C1OC(C)=O. The maximum Gasteiger partial charge on any atom is 0.328 e. The number of ether oxygens (including phenoxy) is 4. The lowest BCUT2D eigenvalue weighted by molar-refractivity contribution is -0.165. The van der Waals surface area contributed by atoms with E-state index in [9.17, 15) is 24.0 Å². The molecular formula is C18H23N3O9. The number of H-pyrrole nitrogens is 1. The number of nitrogens with zero attached hydrogens (tertiary/aromatic N) is 1. The first-order valence-corrected chi connectivity index (χ1v) is 9.36. The predicted octanol–water partition coefficient (Wildman–Crippen LogP) is -1.45. The van der Waals surface area contributed by atoms with Crippen molar-refractivity contribution in [2.24, 2.45) is 0 Å². The second kappa shape index (κ2) is 8.79. The summed E-state index contributed by atoms with van der Waals surface area (Å²) in [5, 5.41) is 3.03. The number of aromatic amines is 1. The number of rotatable bonds is 6. The van der Waals surface area contributed by atoms with Crippen LogP contribution in [0.15, 0.2) is 15.8 Å². The van der Waals surface area contributed by atoms with E-state index in [4.69, 9.17) is 18.9 Å². The van der Waals surface area contributed by atoms with Gasteiger partial charge in [0.1, 0.15) is 18.8 Å². The zero-order valence-electron chi connectivity index (χ0n) is 16.7. The van der Waals surface area contributed by atoms with E-state index in [2.05, 4.69) is 10.3 Å². The van der Waals surface area contributed by atoms with Crippen LogP contribution in [-0.2, 0) is 33.3 Å². The molecule has 30 heavy (non-hydrogen) atoms. The molecule has 0 spiro atoms. The first-order valence-electron chi connectivity index (χ1n) is 9.36. The minimum absolute atomic E-state index is 0.0234. The third-order valence-electron chi connectivity index (χ3n) is 4.82.